The number of nitrogens with zero attached hydrogens (tertiary/aromatic N) is 4. The minimum atomic E-state index is -0.697. The molecule has 0 unspecified atom stereocenters. The molecule has 1 fully saturated rings. The van der Waals surface area contributed by atoms with E-state index in [9.17, 15) is 14.4 Å². The summed E-state index contributed by atoms with van der Waals surface area (Å²) in [6, 6.07) is 13.4. The quantitative estimate of drug-likeness (QED) is 0.274. The van der Waals surface area contributed by atoms with Gasteiger partial charge in [-0.3, -0.25) is 14.0 Å². The molecule has 1 aliphatic heterocycles. The maximum absolute atomic E-state index is 13.5. The molecule has 10 nitrogen and oxygen atoms in total. The first-order chi connectivity index (χ1) is 18.5. The number of carbonyl (C=O) groups is 2. The third-order valence-corrected chi connectivity index (χ3v) is 6.32. The normalized spacial score (nSPS) is 15.7. The van der Waals surface area contributed by atoms with Crippen molar-refractivity contribution >= 4 is 28.6 Å². The standard InChI is InChI=1S/C28H28N4O6/c1-3-36-22-12-6-5-11-19(22)26(33)30-25-21(28(35)37-4-2)16-20-24(32(25)17-18-10-9-15-38-18)29-23-13-7-8-14-31(23)27(20)34/h5-8,11-14,16,18H,3-4,9-10,15,17H2,1-2H3/t18-/m0/s1. The lowest BCUT2D eigenvalue weighted by Gasteiger charge is -2.18. The second-order valence-electron chi connectivity index (χ2n) is 8.78. The van der Waals surface area contributed by atoms with Gasteiger partial charge in [-0.05, 0) is 57.0 Å². The summed E-state index contributed by atoms with van der Waals surface area (Å²) in [5, 5.41) is 0.205. The Balaban J connectivity index is 1.84. The van der Waals surface area contributed by atoms with Gasteiger partial charge < -0.3 is 18.8 Å². The van der Waals surface area contributed by atoms with Crippen LogP contribution >= 0.6 is 0 Å². The number of benzene rings is 1. The molecule has 0 N–H and O–H groups in total. The van der Waals surface area contributed by atoms with Crippen molar-refractivity contribution in [2.45, 2.75) is 39.3 Å². The average molecular weight is 517 g/mol. The van der Waals surface area contributed by atoms with Gasteiger partial charge in [0.2, 0.25) is 0 Å². The van der Waals surface area contributed by atoms with Crippen LogP contribution in [0.1, 0.15) is 47.4 Å². The van der Waals surface area contributed by atoms with Crippen molar-refractivity contribution < 1.29 is 23.8 Å². The number of hydrogen-bond acceptors (Lipinski definition) is 7. The minimum absolute atomic E-state index is 0.00521. The number of aromatic nitrogens is 3. The van der Waals surface area contributed by atoms with Crippen molar-refractivity contribution in [3.8, 4) is 5.75 Å². The van der Waals surface area contributed by atoms with Crippen LogP contribution in [-0.2, 0) is 16.0 Å². The van der Waals surface area contributed by atoms with Gasteiger partial charge in [0.25, 0.3) is 11.5 Å². The predicted octanol–water partition coefficient (Wildman–Crippen LogP) is 3.14. The van der Waals surface area contributed by atoms with E-state index in [0.717, 1.165) is 12.8 Å². The van der Waals surface area contributed by atoms with E-state index in [4.69, 9.17) is 19.2 Å². The molecule has 1 saturated heterocycles. The minimum Gasteiger partial charge on any atom is -0.493 e. The summed E-state index contributed by atoms with van der Waals surface area (Å²) in [4.78, 5) is 49.3. The van der Waals surface area contributed by atoms with Gasteiger partial charge in [-0.25, -0.2) is 9.78 Å². The first kappa shape index (κ1) is 25.3. The monoisotopic (exact) mass is 516 g/mol. The molecule has 196 valence electrons. The summed E-state index contributed by atoms with van der Waals surface area (Å²) >= 11 is 0. The van der Waals surface area contributed by atoms with E-state index in [0.29, 0.717) is 30.3 Å². The summed E-state index contributed by atoms with van der Waals surface area (Å²) in [7, 11) is 0. The molecular weight excluding hydrogens is 488 g/mol. The molecule has 1 atom stereocenters. The van der Waals surface area contributed by atoms with Crippen LogP contribution in [0.3, 0.4) is 0 Å². The second kappa shape index (κ2) is 11.0. The molecule has 0 spiro atoms. The van der Waals surface area contributed by atoms with Crippen LogP contribution in [0.4, 0.5) is 0 Å². The molecule has 10 heteroatoms. The van der Waals surface area contributed by atoms with E-state index in [2.05, 4.69) is 4.99 Å². The zero-order valence-corrected chi connectivity index (χ0v) is 21.3. The zero-order chi connectivity index (χ0) is 26.6. The summed E-state index contributed by atoms with van der Waals surface area (Å²) < 4.78 is 19.9. The smallest absolute Gasteiger partial charge is 0.341 e. The molecular formula is C28H28N4O6. The van der Waals surface area contributed by atoms with Crippen LogP contribution in [0, 0.1) is 0 Å². The van der Waals surface area contributed by atoms with Crippen molar-refractivity contribution in [1.82, 2.24) is 14.0 Å². The van der Waals surface area contributed by atoms with Crippen LogP contribution in [-0.4, -0.2) is 51.8 Å². The van der Waals surface area contributed by atoms with E-state index >= 15 is 0 Å². The molecule has 4 heterocycles. The first-order valence-electron chi connectivity index (χ1n) is 12.7. The summed E-state index contributed by atoms with van der Waals surface area (Å²) in [5.41, 5.74) is 0.670. The Kier molecular flexibility index (Phi) is 7.32. The van der Waals surface area contributed by atoms with Crippen molar-refractivity contribution in [1.29, 1.82) is 0 Å². The third kappa shape index (κ3) is 4.82. The fraction of sp³-hybridized carbons (Fsp3) is 0.321. The number of amides is 1. The Morgan fingerprint density at radius 2 is 1.92 bits per heavy atom. The van der Waals surface area contributed by atoms with Gasteiger partial charge in [-0.15, -0.1) is 0 Å². The van der Waals surface area contributed by atoms with Crippen LogP contribution in [0.25, 0.3) is 16.7 Å². The maximum atomic E-state index is 13.5. The highest BCUT2D eigenvalue weighted by Gasteiger charge is 2.24. The number of fused-ring (bicyclic) bond motifs is 2. The highest BCUT2D eigenvalue weighted by atomic mass is 16.5. The number of para-hydroxylation sites is 1. The Bertz CT molecular complexity index is 1650. The zero-order valence-electron chi connectivity index (χ0n) is 21.3. The topological polar surface area (TPSA) is 113 Å². The molecule has 3 aromatic heterocycles. The predicted molar refractivity (Wildman–Crippen MR) is 139 cm³/mol. The van der Waals surface area contributed by atoms with Crippen LogP contribution in [0.15, 0.2) is 64.5 Å². The third-order valence-electron chi connectivity index (χ3n) is 6.32. The van der Waals surface area contributed by atoms with Crippen molar-refractivity contribution in [3.63, 3.8) is 0 Å². The summed E-state index contributed by atoms with van der Waals surface area (Å²) in [5.74, 6) is -0.912. The average Bonchev–Trinajstić information content (AvgIpc) is 3.44. The number of rotatable bonds is 7. The van der Waals surface area contributed by atoms with Crippen LogP contribution in [0.5, 0.6) is 5.75 Å². The van der Waals surface area contributed by atoms with E-state index in [-0.39, 0.29) is 46.8 Å². The maximum Gasteiger partial charge on any atom is 0.341 e. The molecule has 4 aromatic rings. The Labute approximate surface area is 218 Å². The molecule has 0 bridgehead atoms. The SMILES string of the molecule is CCOC(=O)c1cc2c(=O)n3ccccc3nc2n(C[C@@H]2CCCO2)c1=NC(=O)c1ccccc1OCC. The lowest BCUT2D eigenvalue weighted by molar-refractivity contribution is 0.0521. The van der Waals surface area contributed by atoms with Crippen LogP contribution < -0.4 is 15.8 Å². The van der Waals surface area contributed by atoms with E-state index in [1.54, 1.807) is 60.2 Å². The number of esters is 1. The Morgan fingerprint density at radius 1 is 1.11 bits per heavy atom. The fourth-order valence-electron chi connectivity index (χ4n) is 4.60. The molecule has 38 heavy (non-hydrogen) atoms. The van der Waals surface area contributed by atoms with Gasteiger partial charge in [-0.1, -0.05) is 18.2 Å². The van der Waals surface area contributed by atoms with Gasteiger partial charge in [0.15, 0.2) is 5.49 Å². The van der Waals surface area contributed by atoms with Gasteiger partial charge in [0.05, 0.1) is 36.8 Å². The number of pyridine rings is 2. The second-order valence-corrected chi connectivity index (χ2v) is 8.78. The van der Waals surface area contributed by atoms with E-state index < -0.39 is 11.9 Å². The fourth-order valence-corrected chi connectivity index (χ4v) is 4.60. The summed E-state index contributed by atoms with van der Waals surface area (Å²) in [6.07, 6.45) is 3.08. The molecule has 1 aromatic carbocycles. The Hall–Kier alpha value is -4.31. The molecule has 5 rings (SSSR count). The molecule has 0 radical (unpaired) electrons. The largest absolute Gasteiger partial charge is 0.493 e. The molecule has 0 saturated carbocycles. The molecule has 0 aliphatic carbocycles. The highest BCUT2D eigenvalue weighted by Crippen LogP contribution is 2.20. The number of carbonyl (C=O) groups excluding carboxylic acids is 2. The number of ether oxygens (including phenoxy) is 3. The molecule has 1 aliphatic rings. The van der Waals surface area contributed by atoms with Gasteiger partial charge in [0.1, 0.15) is 22.6 Å². The molecule has 1 amide bonds. The van der Waals surface area contributed by atoms with Crippen molar-refractivity contribution in [2.75, 3.05) is 19.8 Å². The number of hydrogen-bond donors (Lipinski definition) is 0. The lowest BCUT2D eigenvalue weighted by Crippen LogP contribution is -2.35. The first-order valence-corrected chi connectivity index (χ1v) is 12.7. The lowest BCUT2D eigenvalue weighted by atomic mass is 10.1. The van der Waals surface area contributed by atoms with Gasteiger partial charge in [-0.2, -0.15) is 4.99 Å². The Morgan fingerprint density at radius 3 is 2.68 bits per heavy atom. The van der Waals surface area contributed by atoms with Gasteiger partial charge in [0, 0.05) is 12.8 Å². The van der Waals surface area contributed by atoms with Crippen LogP contribution in [0.2, 0.25) is 0 Å². The highest BCUT2D eigenvalue weighted by molar-refractivity contribution is 5.99. The van der Waals surface area contributed by atoms with Gasteiger partial charge >= 0.3 is 5.97 Å². The van der Waals surface area contributed by atoms with E-state index in [1.807, 2.05) is 6.92 Å². The van der Waals surface area contributed by atoms with E-state index in [1.165, 1.54) is 10.5 Å². The van der Waals surface area contributed by atoms with Crippen molar-refractivity contribution in [2.24, 2.45) is 4.99 Å². The van der Waals surface area contributed by atoms with Crippen molar-refractivity contribution in [3.05, 3.63) is 81.7 Å². The summed E-state index contributed by atoms with van der Waals surface area (Å²) in [6.45, 7) is 4.84.